The minimum Gasteiger partial charge on any atom is -0.394 e. The van der Waals surface area contributed by atoms with Gasteiger partial charge in [0.05, 0.1) is 11.4 Å². The first-order chi connectivity index (χ1) is 8.54. The second-order valence-corrected chi connectivity index (χ2v) is 5.30. The van der Waals surface area contributed by atoms with Crippen LogP contribution in [-0.4, -0.2) is 47.9 Å². The van der Waals surface area contributed by atoms with Crippen molar-refractivity contribution < 1.29 is 0 Å². The van der Waals surface area contributed by atoms with Crippen molar-refractivity contribution in [3.05, 3.63) is 5.69 Å². The van der Waals surface area contributed by atoms with E-state index in [4.69, 9.17) is 5.73 Å². The normalized spacial score (nSPS) is 20.6. The predicted molar refractivity (Wildman–Crippen MR) is 76.0 cm³/mol. The van der Waals surface area contributed by atoms with E-state index in [1.165, 1.54) is 19.4 Å². The lowest BCUT2D eigenvalue weighted by Gasteiger charge is -2.27. The van der Waals surface area contributed by atoms with Crippen LogP contribution >= 0.6 is 0 Å². The van der Waals surface area contributed by atoms with Crippen molar-refractivity contribution >= 4 is 11.5 Å². The number of anilines is 2. The summed E-state index contributed by atoms with van der Waals surface area (Å²) in [6.45, 7) is 7.16. The number of likely N-dealkylation sites (N-methyl/N-ethyl adjacent to an activating group) is 2. The first-order valence-electron chi connectivity index (χ1n) is 6.78. The molecule has 0 amide bonds. The van der Waals surface area contributed by atoms with Crippen molar-refractivity contribution in [2.24, 2.45) is 0 Å². The Morgan fingerprint density at radius 2 is 2.22 bits per heavy atom. The van der Waals surface area contributed by atoms with Crippen molar-refractivity contribution in [1.82, 2.24) is 14.7 Å². The van der Waals surface area contributed by atoms with Gasteiger partial charge in [-0.15, -0.1) is 0 Å². The van der Waals surface area contributed by atoms with Gasteiger partial charge in [-0.1, -0.05) is 0 Å². The van der Waals surface area contributed by atoms with Crippen LogP contribution in [0.25, 0.3) is 0 Å². The van der Waals surface area contributed by atoms with Crippen LogP contribution in [0.2, 0.25) is 0 Å². The lowest BCUT2D eigenvalue weighted by Crippen LogP contribution is -2.37. The highest BCUT2D eigenvalue weighted by Gasteiger charge is 2.24. The molecule has 1 saturated heterocycles. The topological polar surface area (TPSA) is 50.3 Å². The fraction of sp³-hybridized carbons (Fsp3) is 0.769. The summed E-state index contributed by atoms with van der Waals surface area (Å²) < 4.78 is 2.00. The van der Waals surface area contributed by atoms with Gasteiger partial charge in [0.15, 0.2) is 0 Å². The fourth-order valence-electron chi connectivity index (χ4n) is 2.82. The lowest BCUT2D eigenvalue weighted by atomic mass is 10.2. The SMILES string of the molecule is CCn1nc(C)c(N)c1N(C)CC1CCCN1C. The standard InChI is InChI=1S/C13H25N5/c1-5-18-13(12(14)10(2)15-18)17(4)9-11-7-6-8-16(11)3/h11H,5-9,14H2,1-4H3. The first-order valence-corrected chi connectivity index (χ1v) is 6.78. The van der Waals surface area contributed by atoms with Crippen molar-refractivity contribution in [2.75, 3.05) is 37.8 Å². The van der Waals surface area contributed by atoms with Gasteiger partial charge in [-0.05, 0) is 40.3 Å². The molecule has 0 aliphatic carbocycles. The third kappa shape index (κ3) is 2.32. The van der Waals surface area contributed by atoms with E-state index < -0.39 is 0 Å². The van der Waals surface area contributed by atoms with Crippen molar-refractivity contribution in [1.29, 1.82) is 0 Å². The zero-order valence-corrected chi connectivity index (χ0v) is 12.0. The molecule has 0 spiro atoms. The van der Waals surface area contributed by atoms with Gasteiger partial charge in [0.1, 0.15) is 5.82 Å². The third-order valence-electron chi connectivity index (χ3n) is 3.96. The summed E-state index contributed by atoms with van der Waals surface area (Å²) in [6.07, 6.45) is 2.58. The Morgan fingerprint density at radius 3 is 2.78 bits per heavy atom. The Kier molecular flexibility index (Phi) is 3.80. The summed E-state index contributed by atoms with van der Waals surface area (Å²) in [5.41, 5.74) is 7.90. The van der Waals surface area contributed by atoms with Crippen LogP contribution in [0.3, 0.4) is 0 Å². The number of rotatable bonds is 4. The summed E-state index contributed by atoms with van der Waals surface area (Å²) in [5.74, 6) is 1.07. The van der Waals surface area contributed by atoms with E-state index in [0.29, 0.717) is 6.04 Å². The molecule has 1 fully saturated rings. The molecule has 2 rings (SSSR count). The van der Waals surface area contributed by atoms with Crippen LogP contribution in [0.15, 0.2) is 0 Å². The molecule has 1 aliphatic rings. The molecular formula is C13H25N5. The summed E-state index contributed by atoms with van der Waals surface area (Å²) >= 11 is 0. The highest BCUT2D eigenvalue weighted by Crippen LogP contribution is 2.27. The Labute approximate surface area is 110 Å². The van der Waals surface area contributed by atoms with Gasteiger partial charge in [0, 0.05) is 26.2 Å². The summed E-state index contributed by atoms with van der Waals surface area (Å²) in [7, 11) is 4.32. The maximum absolute atomic E-state index is 6.15. The number of nitrogen functional groups attached to an aromatic ring is 1. The summed E-state index contributed by atoms with van der Waals surface area (Å²) in [4.78, 5) is 4.69. The second kappa shape index (κ2) is 5.18. The van der Waals surface area contributed by atoms with Gasteiger partial charge in [0.25, 0.3) is 0 Å². The number of hydrogen-bond donors (Lipinski definition) is 1. The molecule has 1 aromatic rings. The molecule has 2 N–H and O–H groups in total. The van der Waals surface area contributed by atoms with E-state index in [0.717, 1.165) is 30.3 Å². The van der Waals surface area contributed by atoms with E-state index in [2.05, 4.69) is 35.9 Å². The zero-order valence-electron chi connectivity index (χ0n) is 12.0. The zero-order chi connectivity index (χ0) is 13.3. The predicted octanol–water partition coefficient (Wildman–Crippen LogP) is 1.32. The van der Waals surface area contributed by atoms with Crippen LogP contribution in [0, 0.1) is 6.92 Å². The van der Waals surface area contributed by atoms with Gasteiger partial charge in [-0.25, -0.2) is 4.68 Å². The van der Waals surface area contributed by atoms with E-state index >= 15 is 0 Å². The number of aryl methyl sites for hydroxylation is 2. The first kappa shape index (κ1) is 13.2. The minimum atomic E-state index is 0.634. The number of nitrogens with two attached hydrogens (primary N) is 1. The van der Waals surface area contributed by atoms with E-state index in [-0.39, 0.29) is 0 Å². The number of hydrogen-bond acceptors (Lipinski definition) is 4. The van der Waals surface area contributed by atoms with Gasteiger partial charge in [0.2, 0.25) is 0 Å². The Morgan fingerprint density at radius 1 is 1.50 bits per heavy atom. The highest BCUT2D eigenvalue weighted by atomic mass is 15.4. The Balaban J connectivity index is 2.15. The average Bonchev–Trinajstić information content (AvgIpc) is 2.85. The molecule has 0 bridgehead atoms. The van der Waals surface area contributed by atoms with Crippen molar-refractivity contribution in [3.63, 3.8) is 0 Å². The molecule has 1 aromatic heterocycles. The molecule has 1 unspecified atom stereocenters. The summed E-state index contributed by atoms with van der Waals surface area (Å²) in [6, 6.07) is 0.634. The van der Waals surface area contributed by atoms with Crippen LogP contribution < -0.4 is 10.6 Å². The van der Waals surface area contributed by atoms with Gasteiger partial charge < -0.3 is 15.5 Å². The largest absolute Gasteiger partial charge is 0.394 e. The minimum absolute atomic E-state index is 0.634. The molecule has 0 aromatic carbocycles. The van der Waals surface area contributed by atoms with Crippen LogP contribution in [0.5, 0.6) is 0 Å². The highest BCUT2D eigenvalue weighted by molar-refractivity contribution is 5.66. The average molecular weight is 251 g/mol. The number of nitrogens with zero attached hydrogens (tertiary/aromatic N) is 4. The second-order valence-electron chi connectivity index (χ2n) is 5.30. The Hall–Kier alpha value is -1.23. The van der Waals surface area contributed by atoms with E-state index in [1.807, 2.05) is 11.6 Å². The fourth-order valence-corrected chi connectivity index (χ4v) is 2.82. The lowest BCUT2D eigenvalue weighted by molar-refractivity contribution is 0.313. The molecule has 0 saturated carbocycles. The quantitative estimate of drug-likeness (QED) is 0.877. The molecule has 5 heteroatoms. The Bertz CT molecular complexity index is 412. The van der Waals surface area contributed by atoms with Crippen LogP contribution in [-0.2, 0) is 6.54 Å². The molecule has 102 valence electrons. The molecule has 1 aliphatic heterocycles. The maximum atomic E-state index is 6.15. The maximum Gasteiger partial charge on any atom is 0.150 e. The van der Waals surface area contributed by atoms with Gasteiger partial charge in [-0.3, -0.25) is 0 Å². The molecule has 2 heterocycles. The summed E-state index contributed by atoms with van der Waals surface area (Å²) in [5, 5.41) is 4.48. The number of aromatic nitrogens is 2. The van der Waals surface area contributed by atoms with Crippen LogP contribution in [0.4, 0.5) is 11.5 Å². The van der Waals surface area contributed by atoms with Crippen molar-refractivity contribution in [2.45, 2.75) is 39.3 Å². The van der Waals surface area contributed by atoms with Crippen LogP contribution in [0.1, 0.15) is 25.5 Å². The van der Waals surface area contributed by atoms with Gasteiger partial charge >= 0.3 is 0 Å². The molecule has 18 heavy (non-hydrogen) atoms. The monoisotopic (exact) mass is 251 g/mol. The molecule has 0 radical (unpaired) electrons. The molecule has 1 atom stereocenters. The van der Waals surface area contributed by atoms with E-state index in [9.17, 15) is 0 Å². The van der Waals surface area contributed by atoms with E-state index in [1.54, 1.807) is 0 Å². The molecular weight excluding hydrogens is 226 g/mol. The van der Waals surface area contributed by atoms with Crippen molar-refractivity contribution in [3.8, 4) is 0 Å². The van der Waals surface area contributed by atoms with Gasteiger partial charge in [-0.2, -0.15) is 5.10 Å². The molecule has 5 nitrogen and oxygen atoms in total. The third-order valence-corrected chi connectivity index (χ3v) is 3.96. The smallest absolute Gasteiger partial charge is 0.150 e. The number of likely N-dealkylation sites (tertiary alicyclic amines) is 1.